The maximum absolute atomic E-state index is 3.93. The predicted molar refractivity (Wildman–Crippen MR) is 66.3 cm³/mol. The van der Waals surface area contributed by atoms with Crippen molar-refractivity contribution in [3.8, 4) is 11.1 Å². The normalized spacial score (nSPS) is 10.8. The molecular weight excluding hydrogens is 196 g/mol. The molecule has 0 unspecified atom stereocenters. The highest BCUT2D eigenvalue weighted by molar-refractivity contribution is 5.67. The van der Waals surface area contributed by atoms with Crippen LogP contribution in [0.3, 0.4) is 0 Å². The lowest BCUT2D eigenvalue weighted by atomic mass is 9.92. The van der Waals surface area contributed by atoms with Gasteiger partial charge in [0.25, 0.3) is 0 Å². The zero-order valence-electron chi connectivity index (χ0n) is 9.94. The molecule has 1 aromatic carbocycles. The van der Waals surface area contributed by atoms with E-state index in [1.165, 1.54) is 16.7 Å². The van der Waals surface area contributed by atoms with Crippen LogP contribution >= 0.6 is 0 Å². The summed E-state index contributed by atoms with van der Waals surface area (Å²) in [6, 6.07) is 8.44. The van der Waals surface area contributed by atoms with Gasteiger partial charge in [0.1, 0.15) is 0 Å². The van der Waals surface area contributed by atoms with Gasteiger partial charge in [0, 0.05) is 5.56 Å². The topological polar surface area (TPSA) is 25.8 Å². The van der Waals surface area contributed by atoms with Crippen LogP contribution in [0.4, 0.5) is 0 Å². The minimum absolute atomic E-state index is 0.551. The molecule has 0 atom stereocenters. The molecule has 2 rings (SSSR count). The fourth-order valence-corrected chi connectivity index (χ4v) is 2.04. The zero-order valence-corrected chi connectivity index (χ0v) is 9.94. The third-order valence-electron chi connectivity index (χ3n) is 2.89. The Morgan fingerprint density at radius 3 is 2.50 bits per heavy atom. The third-order valence-corrected chi connectivity index (χ3v) is 2.89. The van der Waals surface area contributed by atoms with Gasteiger partial charge in [-0.3, -0.25) is 0 Å². The molecule has 0 saturated heterocycles. The summed E-state index contributed by atoms with van der Waals surface area (Å²) >= 11 is 0. The smallest absolute Gasteiger partial charge is 0.0574 e. The van der Waals surface area contributed by atoms with Gasteiger partial charge in [-0.1, -0.05) is 32.0 Å². The van der Waals surface area contributed by atoms with Gasteiger partial charge in [0.15, 0.2) is 0 Å². The van der Waals surface area contributed by atoms with E-state index in [0.717, 1.165) is 5.56 Å². The van der Waals surface area contributed by atoms with Crippen molar-refractivity contribution in [1.82, 2.24) is 10.2 Å². The summed E-state index contributed by atoms with van der Waals surface area (Å²) in [5.74, 6) is 0.551. The maximum atomic E-state index is 3.93. The molecule has 0 aliphatic carbocycles. The maximum Gasteiger partial charge on any atom is 0.0574 e. The molecule has 2 nitrogen and oxygen atoms in total. The van der Waals surface area contributed by atoms with Crippen LogP contribution in [0, 0.1) is 6.92 Å². The number of benzene rings is 1. The van der Waals surface area contributed by atoms with E-state index in [1.807, 2.05) is 12.3 Å². The number of hydrogen-bond acceptors (Lipinski definition) is 2. The molecule has 0 N–H and O–H groups in total. The molecule has 0 spiro atoms. The monoisotopic (exact) mass is 212 g/mol. The van der Waals surface area contributed by atoms with E-state index in [2.05, 4.69) is 49.2 Å². The largest absolute Gasteiger partial charge is 0.159 e. The number of aromatic nitrogens is 2. The highest BCUT2D eigenvalue weighted by atomic mass is 15.1. The molecule has 1 aromatic heterocycles. The second-order valence-corrected chi connectivity index (χ2v) is 4.31. The molecule has 82 valence electrons. The lowest BCUT2D eigenvalue weighted by Crippen LogP contribution is -1.94. The van der Waals surface area contributed by atoms with Gasteiger partial charge in [-0.05, 0) is 35.6 Å². The minimum atomic E-state index is 0.551. The fraction of sp³-hybridized carbons (Fsp3) is 0.286. The molecule has 2 aromatic rings. The Morgan fingerprint density at radius 2 is 1.88 bits per heavy atom. The SMILES string of the molecule is Cc1c(-c2ccnnc2)cccc1C(C)C. The van der Waals surface area contributed by atoms with Gasteiger partial charge in [0.2, 0.25) is 0 Å². The van der Waals surface area contributed by atoms with Crippen LogP contribution in [0.1, 0.15) is 30.9 Å². The fourth-order valence-electron chi connectivity index (χ4n) is 2.04. The van der Waals surface area contributed by atoms with Crippen molar-refractivity contribution < 1.29 is 0 Å². The first kappa shape index (κ1) is 10.8. The molecule has 0 fully saturated rings. The summed E-state index contributed by atoms with van der Waals surface area (Å²) in [4.78, 5) is 0. The van der Waals surface area contributed by atoms with Crippen molar-refractivity contribution in [3.05, 3.63) is 47.8 Å². The van der Waals surface area contributed by atoms with Crippen LogP contribution in [0.5, 0.6) is 0 Å². The van der Waals surface area contributed by atoms with Crippen LogP contribution in [0.15, 0.2) is 36.7 Å². The molecule has 1 heterocycles. The summed E-state index contributed by atoms with van der Waals surface area (Å²) < 4.78 is 0. The summed E-state index contributed by atoms with van der Waals surface area (Å²) in [6.07, 6.45) is 3.54. The quantitative estimate of drug-likeness (QED) is 0.760. The third kappa shape index (κ3) is 1.96. The Labute approximate surface area is 96.4 Å². The molecule has 16 heavy (non-hydrogen) atoms. The van der Waals surface area contributed by atoms with E-state index in [-0.39, 0.29) is 0 Å². The summed E-state index contributed by atoms with van der Waals surface area (Å²) in [7, 11) is 0. The van der Waals surface area contributed by atoms with Crippen LogP contribution in [-0.4, -0.2) is 10.2 Å². The van der Waals surface area contributed by atoms with E-state index in [4.69, 9.17) is 0 Å². The average molecular weight is 212 g/mol. The van der Waals surface area contributed by atoms with E-state index in [0.29, 0.717) is 5.92 Å². The van der Waals surface area contributed by atoms with Crippen molar-refractivity contribution in [2.24, 2.45) is 0 Å². The second kappa shape index (κ2) is 4.44. The highest BCUT2D eigenvalue weighted by Crippen LogP contribution is 2.28. The first-order valence-electron chi connectivity index (χ1n) is 5.56. The second-order valence-electron chi connectivity index (χ2n) is 4.31. The van der Waals surface area contributed by atoms with Crippen molar-refractivity contribution in [1.29, 1.82) is 0 Å². The first-order chi connectivity index (χ1) is 7.70. The van der Waals surface area contributed by atoms with Crippen LogP contribution < -0.4 is 0 Å². The summed E-state index contributed by atoms with van der Waals surface area (Å²) in [5, 5.41) is 7.73. The highest BCUT2D eigenvalue weighted by Gasteiger charge is 2.08. The Balaban J connectivity index is 2.55. The van der Waals surface area contributed by atoms with Crippen molar-refractivity contribution >= 4 is 0 Å². The molecule has 0 aliphatic rings. The van der Waals surface area contributed by atoms with Gasteiger partial charge in [-0.25, -0.2) is 0 Å². The standard InChI is InChI=1S/C14H16N2/c1-10(2)13-5-4-6-14(11(13)3)12-7-8-15-16-9-12/h4-10H,1-3H3. The molecular formula is C14H16N2. The minimum Gasteiger partial charge on any atom is -0.159 e. The molecule has 2 heteroatoms. The summed E-state index contributed by atoms with van der Waals surface area (Å²) in [5.41, 5.74) is 5.12. The number of hydrogen-bond donors (Lipinski definition) is 0. The Bertz CT molecular complexity index is 475. The summed E-state index contributed by atoms with van der Waals surface area (Å²) in [6.45, 7) is 6.61. The van der Waals surface area contributed by atoms with Crippen LogP contribution in [0.2, 0.25) is 0 Å². The van der Waals surface area contributed by atoms with Crippen LogP contribution in [0.25, 0.3) is 11.1 Å². The average Bonchev–Trinajstić information content (AvgIpc) is 2.30. The van der Waals surface area contributed by atoms with Gasteiger partial charge in [-0.15, -0.1) is 0 Å². The Morgan fingerprint density at radius 1 is 1.06 bits per heavy atom. The van der Waals surface area contributed by atoms with Crippen molar-refractivity contribution in [3.63, 3.8) is 0 Å². The van der Waals surface area contributed by atoms with Gasteiger partial charge in [-0.2, -0.15) is 10.2 Å². The Kier molecular flexibility index (Phi) is 3.00. The lowest BCUT2D eigenvalue weighted by Gasteiger charge is -2.13. The molecule has 0 aliphatic heterocycles. The van der Waals surface area contributed by atoms with E-state index >= 15 is 0 Å². The van der Waals surface area contributed by atoms with Crippen molar-refractivity contribution in [2.75, 3.05) is 0 Å². The van der Waals surface area contributed by atoms with Crippen LogP contribution in [-0.2, 0) is 0 Å². The van der Waals surface area contributed by atoms with Gasteiger partial charge in [0.05, 0.1) is 12.4 Å². The molecule has 0 radical (unpaired) electrons. The van der Waals surface area contributed by atoms with Crippen molar-refractivity contribution in [2.45, 2.75) is 26.7 Å². The first-order valence-corrected chi connectivity index (χ1v) is 5.56. The van der Waals surface area contributed by atoms with Gasteiger partial charge < -0.3 is 0 Å². The predicted octanol–water partition coefficient (Wildman–Crippen LogP) is 3.58. The number of rotatable bonds is 2. The molecule has 0 saturated carbocycles. The van der Waals surface area contributed by atoms with E-state index < -0.39 is 0 Å². The molecule has 0 amide bonds. The van der Waals surface area contributed by atoms with Gasteiger partial charge >= 0.3 is 0 Å². The zero-order chi connectivity index (χ0) is 11.5. The van der Waals surface area contributed by atoms with E-state index in [9.17, 15) is 0 Å². The van der Waals surface area contributed by atoms with E-state index in [1.54, 1.807) is 6.20 Å². The molecule has 0 bridgehead atoms. The number of nitrogens with zero attached hydrogens (tertiary/aromatic N) is 2. The lowest BCUT2D eigenvalue weighted by molar-refractivity contribution is 0.857. The Hall–Kier alpha value is -1.70.